The summed E-state index contributed by atoms with van der Waals surface area (Å²) in [5, 5.41) is 0. The normalized spacial score (nSPS) is 14.1. The summed E-state index contributed by atoms with van der Waals surface area (Å²) in [5.41, 5.74) is 7.03. The van der Waals surface area contributed by atoms with Crippen LogP contribution in [0.5, 0.6) is 11.5 Å². The molecule has 3 nitrogen and oxygen atoms in total. The van der Waals surface area contributed by atoms with Gasteiger partial charge in [0.15, 0.2) is 11.5 Å². The van der Waals surface area contributed by atoms with E-state index in [1.807, 2.05) is 19.1 Å². The first-order valence-electron chi connectivity index (χ1n) is 6.16. The Bertz CT molecular complexity index is 394. The molecule has 0 fully saturated rings. The average molecular weight is 316 g/mol. The van der Waals surface area contributed by atoms with Crippen LogP contribution in [0.25, 0.3) is 0 Å². The molecule has 2 N–H and O–H groups in total. The molecule has 1 rings (SSSR count). The molecule has 2 unspecified atom stereocenters. The monoisotopic (exact) mass is 315 g/mol. The Morgan fingerprint density at radius 3 is 2.17 bits per heavy atom. The minimum absolute atomic E-state index is 0.242. The molecule has 0 bridgehead atoms. The van der Waals surface area contributed by atoms with Gasteiger partial charge in [-0.25, -0.2) is 0 Å². The van der Waals surface area contributed by atoms with E-state index in [1.165, 1.54) is 5.56 Å². The van der Waals surface area contributed by atoms with Gasteiger partial charge in [-0.05, 0) is 43.4 Å². The molecule has 0 aliphatic rings. The van der Waals surface area contributed by atoms with Gasteiger partial charge in [0.2, 0.25) is 0 Å². The molecule has 0 amide bonds. The van der Waals surface area contributed by atoms with Gasteiger partial charge in [0.1, 0.15) is 0 Å². The molecule has 0 saturated carbocycles. The summed E-state index contributed by atoms with van der Waals surface area (Å²) in [7, 11) is 3.30. The van der Waals surface area contributed by atoms with Crippen LogP contribution in [-0.2, 0) is 0 Å². The molecule has 4 heteroatoms. The fourth-order valence-corrected chi connectivity index (χ4v) is 2.63. The minimum Gasteiger partial charge on any atom is -0.493 e. The first-order chi connectivity index (χ1) is 8.49. The van der Waals surface area contributed by atoms with Gasteiger partial charge in [-0.3, -0.25) is 0 Å². The van der Waals surface area contributed by atoms with Gasteiger partial charge >= 0.3 is 0 Å². The van der Waals surface area contributed by atoms with Crippen molar-refractivity contribution in [1.29, 1.82) is 0 Å². The van der Waals surface area contributed by atoms with E-state index in [0.29, 0.717) is 5.92 Å². The van der Waals surface area contributed by atoms with Crippen molar-refractivity contribution in [3.8, 4) is 11.5 Å². The molecule has 18 heavy (non-hydrogen) atoms. The summed E-state index contributed by atoms with van der Waals surface area (Å²) in [6, 6.07) is 4.23. The van der Waals surface area contributed by atoms with Gasteiger partial charge in [-0.2, -0.15) is 0 Å². The lowest BCUT2D eigenvalue weighted by atomic mass is 9.94. The van der Waals surface area contributed by atoms with Crippen LogP contribution in [0, 0.1) is 0 Å². The molecule has 0 aliphatic heterocycles. The van der Waals surface area contributed by atoms with E-state index in [9.17, 15) is 0 Å². The van der Waals surface area contributed by atoms with Crippen molar-refractivity contribution in [2.45, 2.75) is 38.6 Å². The molecule has 0 aliphatic carbocycles. The highest BCUT2D eigenvalue weighted by molar-refractivity contribution is 9.10. The molecule has 1 aromatic rings. The second-order valence-electron chi connectivity index (χ2n) is 4.68. The fraction of sp³-hybridized carbons (Fsp3) is 0.571. The molecule has 102 valence electrons. The number of methoxy groups -OCH3 is 2. The number of nitrogens with two attached hydrogens (primary N) is 1. The maximum Gasteiger partial charge on any atom is 0.161 e. The first-order valence-corrected chi connectivity index (χ1v) is 6.95. The lowest BCUT2D eigenvalue weighted by Gasteiger charge is -2.17. The minimum atomic E-state index is 0.242. The lowest BCUT2D eigenvalue weighted by molar-refractivity contribution is 0.354. The summed E-state index contributed by atoms with van der Waals surface area (Å²) >= 11 is 3.59. The molecular weight excluding hydrogens is 294 g/mol. The molecule has 1 aromatic carbocycles. The zero-order chi connectivity index (χ0) is 13.7. The van der Waals surface area contributed by atoms with Crippen molar-refractivity contribution < 1.29 is 9.47 Å². The van der Waals surface area contributed by atoms with E-state index in [-0.39, 0.29) is 6.04 Å². The molecule has 0 spiro atoms. The van der Waals surface area contributed by atoms with Crippen LogP contribution < -0.4 is 15.2 Å². The van der Waals surface area contributed by atoms with Gasteiger partial charge in [0, 0.05) is 10.5 Å². The number of halogens is 1. The topological polar surface area (TPSA) is 44.5 Å². The average Bonchev–Trinajstić information content (AvgIpc) is 2.35. The summed E-state index contributed by atoms with van der Waals surface area (Å²) in [5.74, 6) is 1.95. The first kappa shape index (κ1) is 15.3. The largest absolute Gasteiger partial charge is 0.493 e. The van der Waals surface area contributed by atoms with Gasteiger partial charge < -0.3 is 15.2 Å². The van der Waals surface area contributed by atoms with Crippen LogP contribution in [0.1, 0.15) is 38.2 Å². The summed E-state index contributed by atoms with van der Waals surface area (Å²) in [4.78, 5) is 0. The SMILES string of the molecule is COc1cc(Br)c(C(C)CCC(C)N)cc1OC. The Labute approximate surface area is 118 Å². The lowest BCUT2D eigenvalue weighted by Crippen LogP contribution is -2.15. The van der Waals surface area contributed by atoms with Crippen molar-refractivity contribution >= 4 is 15.9 Å². The summed E-state index contributed by atoms with van der Waals surface area (Å²) in [6.45, 7) is 4.24. The fourth-order valence-electron chi connectivity index (χ4n) is 1.92. The third kappa shape index (κ3) is 3.89. The van der Waals surface area contributed by atoms with Crippen LogP contribution in [-0.4, -0.2) is 20.3 Å². The smallest absolute Gasteiger partial charge is 0.161 e. The van der Waals surface area contributed by atoms with E-state index >= 15 is 0 Å². The highest BCUT2D eigenvalue weighted by Crippen LogP contribution is 2.37. The van der Waals surface area contributed by atoms with E-state index in [1.54, 1.807) is 14.2 Å². The van der Waals surface area contributed by atoms with E-state index < -0.39 is 0 Å². The van der Waals surface area contributed by atoms with Crippen molar-refractivity contribution in [2.75, 3.05) is 14.2 Å². The number of hydrogen-bond donors (Lipinski definition) is 1. The third-order valence-electron chi connectivity index (χ3n) is 3.09. The van der Waals surface area contributed by atoms with Crippen molar-refractivity contribution in [3.05, 3.63) is 22.2 Å². The van der Waals surface area contributed by atoms with Gasteiger partial charge in [-0.15, -0.1) is 0 Å². The van der Waals surface area contributed by atoms with Crippen LogP contribution in [0.4, 0.5) is 0 Å². The van der Waals surface area contributed by atoms with Gasteiger partial charge in [0.25, 0.3) is 0 Å². The number of rotatable bonds is 6. The quantitative estimate of drug-likeness (QED) is 0.870. The molecule has 0 aromatic heterocycles. The maximum absolute atomic E-state index is 5.80. The Balaban J connectivity index is 2.94. The summed E-state index contributed by atoms with van der Waals surface area (Å²) < 4.78 is 11.7. The Hall–Kier alpha value is -0.740. The van der Waals surface area contributed by atoms with Crippen molar-refractivity contribution in [1.82, 2.24) is 0 Å². The van der Waals surface area contributed by atoms with Crippen molar-refractivity contribution in [2.24, 2.45) is 5.73 Å². The predicted octanol–water partition coefficient (Wildman–Crippen LogP) is 3.70. The number of benzene rings is 1. The van der Waals surface area contributed by atoms with Crippen LogP contribution in [0.15, 0.2) is 16.6 Å². The zero-order valence-electron chi connectivity index (χ0n) is 11.5. The molecule has 0 radical (unpaired) electrons. The second-order valence-corrected chi connectivity index (χ2v) is 5.54. The zero-order valence-corrected chi connectivity index (χ0v) is 13.1. The highest BCUT2D eigenvalue weighted by Gasteiger charge is 2.15. The summed E-state index contributed by atoms with van der Waals surface area (Å²) in [6.07, 6.45) is 2.08. The number of hydrogen-bond acceptors (Lipinski definition) is 3. The highest BCUT2D eigenvalue weighted by atomic mass is 79.9. The van der Waals surface area contributed by atoms with E-state index in [4.69, 9.17) is 15.2 Å². The number of ether oxygens (including phenoxy) is 2. The predicted molar refractivity (Wildman–Crippen MR) is 78.5 cm³/mol. The molecule has 0 saturated heterocycles. The Morgan fingerprint density at radius 2 is 1.67 bits per heavy atom. The molecule has 0 heterocycles. The van der Waals surface area contributed by atoms with Gasteiger partial charge in [0.05, 0.1) is 14.2 Å². The van der Waals surface area contributed by atoms with Crippen molar-refractivity contribution in [3.63, 3.8) is 0 Å². The van der Waals surface area contributed by atoms with E-state index in [0.717, 1.165) is 28.8 Å². The molecular formula is C14H22BrNO2. The van der Waals surface area contributed by atoms with Crippen LogP contribution >= 0.6 is 15.9 Å². The van der Waals surface area contributed by atoms with Gasteiger partial charge in [-0.1, -0.05) is 22.9 Å². The van der Waals surface area contributed by atoms with Crippen LogP contribution in [0.3, 0.4) is 0 Å². The third-order valence-corrected chi connectivity index (χ3v) is 3.78. The van der Waals surface area contributed by atoms with Crippen LogP contribution in [0.2, 0.25) is 0 Å². The maximum atomic E-state index is 5.80. The Kier molecular flexibility index (Phi) is 5.96. The molecule has 2 atom stereocenters. The standard InChI is InChI=1S/C14H22BrNO2/c1-9(5-6-10(2)16)11-7-13(17-3)14(18-4)8-12(11)15/h7-10H,5-6,16H2,1-4H3. The Morgan fingerprint density at radius 1 is 1.11 bits per heavy atom. The second kappa shape index (κ2) is 7.00. The van der Waals surface area contributed by atoms with E-state index in [2.05, 4.69) is 22.9 Å².